The minimum Gasteiger partial charge on any atom is -0.492 e. The van der Waals surface area contributed by atoms with Crippen LogP contribution in [0.3, 0.4) is 0 Å². The molecule has 0 amide bonds. The first kappa shape index (κ1) is 21.9. The predicted octanol–water partition coefficient (Wildman–Crippen LogP) is 6.94. The fourth-order valence-corrected chi connectivity index (χ4v) is 3.79. The Hall–Kier alpha value is -3.27. The van der Waals surface area contributed by atoms with Gasteiger partial charge in [-0.25, -0.2) is 4.98 Å². The van der Waals surface area contributed by atoms with Gasteiger partial charge in [0.05, 0.1) is 17.6 Å². The molecule has 0 aliphatic rings. The maximum atomic E-state index is 6.07. The van der Waals surface area contributed by atoms with E-state index in [1.807, 2.05) is 42.5 Å². The van der Waals surface area contributed by atoms with E-state index in [1.54, 1.807) is 0 Å². The lowest BCUT2D eigenvalue weighted by Gasteiger charge is -2.13. The molecule has 3 aromatic carbocycles. The third kappa shape index (κ3) is 5.13. The van der Waals surface area contributed by atoms with Crippen LogP contribution in [0.5, 0.6) is 11.5 Å². The van der Waals surface area contributed by atoms with E-state index in [2.05, 4.69) is 62.6 Å². The summed E-state index contributed by atoms with van der Waals surface area (Å²) in [5, 5.41) is 0. The molecule has 32 heavy (non-hydrogen) atoms. The molecule has 4 rings (SSSR count). The highest BCUT2D eigenvalue weighted by atomic mass is 16.5. The van der Waals surface area contributed by atoms with E-state index in [0.29, 0.717) is 31.6 Å². The number of ether oxygens (including phenoxy) is 2. The fourth-order valence-electron chi connectivity index (χ4n) is 3.79. The van der Waals surface area contributed by atoms with Crippen LogP contribution < -0.4 is 9.47 Å². The van der Waals surface area contributed by atoms with E-state index in [1.165, 1.54) is 11.1 Å². The van der Waals surface area contributed by atoms with Crippen LogP contribution in [0.1, 0.15) is 56.5 Å². The van der Waals surface area contributed by atoms with Crippen molar-refractivity contribution in [2.75, 3.05) is 6.61 Å². The predicted molar refractivity (Wildman–Crippen MR) is 131 cm³/mol. The summed E-state index contributed by atoms with van der Waals surface area (Å²) < 4.78 is 14.3. The van der Waals surface area contributed by atoms with Gasteiger partial charge < -0.3 is 14.0 Å². The SMILES string of the molecule is CC(C)c1ccc(OCCn2c(COc3ccc(C(C)C)cc3)nc3ccccc32)cc1. The fraction of sp³-hybridized carbons (Fsp3) is 0.321. The van der Waals surface area contributed by atoms with Crippen molar-refractivity contribution in [3.05, 3.63) is 89.7 Å². The van der Waals surface area contributed by atoms with Crippen LogP contribution in [0, 0.1) is 0 Å². The van der Waals surface area contributed by atoms with Crippen LogP contribution in [-0.2, 0) is 13.2 Å². The zero-order valence-electron chi connectivity index (χ0n) is 19.4. The Morgan fingerprint density at radius 3 is 1.88 bits per heavy atom. The van der Waals surface area contributed by atoms with Crippen molar-refractivity contribution in [2.45, 2.75) is 52.7 Å². The molecule has 0 atom stereocenters. The first-order valence-electron chi connectivity index (χ1n) is 11.4. The summed E-state index contributed by atoms with van der Waals surface area (Å²) in [6.45, 7) is 10.5. The van der Waals surface area contributed by atoms with Crippen molar-refractivity contribution in [3.63, 3.8) is 0 Å². The van der Waals surface area contributed by atoms with Crippen LogP contribution in [-0.4, -0.2) is 16.2 Å². The highest BCUT2D eigenvalue weighted by molar-refractivity contribution is 5.75. The van der Waals surface area contributed by atoms with Crippen molar-refractivity contribution < 1.29 is 9.47 Å². The van der Waals surface area contributed by atoms with Gasteiger partial charge in [0.2, 0.25) is 0 Å². The van der Waals surface area contributed by atoms with Crippen molar-refractivity contribution in [3.8, 4) is 11.5 Å². The molecule has 0 fully saturated rings. The zero-order chi connectivity index (χ0) is 22.5. The molecule has 0 aliphatic carbocycles. The maximum absolute atomic E-state index is 6.07. The van der Waals surface area contributed by atoms with E-state index >= 15 is 0 Å². The van der Waals surface area contributed by atoms with Crippen LogP contribution in [0.2, 0.25) is 0 Å². The second kappa shape index (κ2) is 9.90. The first-order valence-corrected chi connectivity index (χ1v) is 11.4. The molecule has 166 valence electrons. The number of hydrogen-bond donors (Lipinski definition) is 0. The average Bonchev–Trinajstić information content (AvgIpc) is 3.16. The van der Waals surface area contributed by atoms with Crippen molar-refractivity contribution >= 4 is 11.0 Å². The van der Waals surface area contributed by atoms with Gasteiger partial charge in [-0.15, -0.1) is 0 Å². The number of rotatable bonds is 9. The van der Waals surface area contributed by atoms with E-state index in [-0.39, 0.29) is 0 Å². The lowest BCUT2D eigenvalue weighted by Crippen LogP contribution is -2.13. The molecular formula is C28H32N2O2. The summed E-state index contributed by atoms with van der Waals surface area (Å²) in [6.07, 6.45) is 0. The summed E-state index contributed by atoms with van der Waals surface area (Å²) in [7, 11) is 0. The molecule has 0 radical (unpaired) electrons. The minimum absolute atomic E-state index is 0.415. The van der Waals surface area contributed by atoms with Crippen molar-refractivity contribution in [1.29, 1.82) is 0 Å². The van der Waals surface area contributed by atoms with Gasteiger partial charge in [0.1, 0.15) is 30.5 Å². The molecular weight excluding hydrogens is 396 g/mol. The number of fused-ring (bicyclic) bond motifs is 1. The number of imidazole rings is 1. The lowest BCUT2D eigenvalue weighted by atomic mass is 10.0. The Bertz CT molecular complexity index is 1140. The van der Waals surface area contributed by atoms with Gasteiger partial charge in [0.15, 0.2) is 0 Å². The highest BCUT2D eigenvalue weighted by Gasteiger charge is 2.12. The quantitative estimate of drug-likeness (QED) is 0.290. The van der Waals surface area contributed by atoms with Gasteiger partial charge >= 0.3 is 0 Å². The molecule has 4 aromatic rings. The second-order valence-corrected chi connectivity index (χ2v) is 8.75. The molecule has 0 N–H and O–H groups in total. The summed E-state index contributed by atoms with van der Waals surface area (Å²) >= 11 is 0. The van der Waals surface area contributed by atoms with E-state index in [4.69, 9.17) is 14.5 Å². The molecule has 0 bridgehead atoms. The number of nitrogens with zero attached hydrogens (tertiary/aromatic N) is 2. The first-order chi connectivity index (χ1) is 15.5. The summed E-state index contributed by atoms with van der Waals surface area (Å²) in [6, 6.07) is 24.9. The molecule has 1 aromatic heterocycles. The van der Waals surface area contributed by atoms with Gasteiger partial charge in [0, 0.05) is 0 Å². The molecule has 0 saturated carbocycles. The number of para-hydroxylation sites is 2. The standard InChI is InChI=1S/C28H32N2O2/c1-20(2)22-9-13-24(14-10-22)31-18-17-30-27-8-6-5-7-26(27)29-28(30)19-32-25-15-11-23(12-16-25)21(3)4/h5-16,20-21H,17-19H2,1-4H3. The Balaban J connectivity index is 1.45. The second-order valence-electron chi connectivity index (χ2n) is 8.75. The zero-order valence-corrected chi connectivity index (χ0v) is 19.4. The normalized spacial score (nSPS) is 11.4. The van der Waals surface area contributed by atoms with Gasteiger partial charge in [-0.2, -0.15) is 0 Å². The molecule has 1 heterocycles. The van der Waals surface area contributed by atoms with Gasteiger partial charge in [-0.3, -0.25) is 0 Å². The smallest absolute Gasteiger partial charge is 0.148 e. The Labute approximate surface area is 190 Å². The third-order valence-corrected chi connectivity index (χ3v) is 5.78. The van der Waals surface area contributed by atoms with Crippen LogP contribution >= 0.6 is 0 Å². The van der Waals surface area contributed by atoms with Crippen LogP contribution in [0.15, 0.2) is 72.8 Å². The highest BCUT2D eigenvalue weighted by Crippen LogP contribution is 2.22. The van der Waals surface area contributed by atoms with E-state index in [0.717, 1.165) is 28.4 Å². The Morgan fingerprint density at radius 2 is 1.28 bits per heavy atom. The third-order valence-electron chi connectivity index (χ3n) is 5.78. The molecule has 0 saturated heterocycles. The molecule has 4 heteroatoms. The summed E-state index contributed by atoms with van der Waals surface area (Å²) in [5.74, 6) is 3.68. The number of benzene rings is 3. The molecule has 0 unspecified atom stereocenters. The molecule has 0 aliphatic heterocycles. The minimum atomic E-state index is 0.415. The lowest BCUT2D eigenvalue weighted by molar-refractivity contribution is 0.272. The van der Waals surface area contributed by atoms with Gasteiger partial charge in [0.25, 0.3) is 0 Å². The van der Waals surface area contributed by atoms with Crippen molar-refractivity contribution in [2.24, 2.45) is 0 Å². The van der Waals surface area contributed by atoms with Crippen LogP contribution in [0.25, 0.3) is 11.0 Å². The molecule has 0 spiro atoms. The van der Waals surface area contributed by atoms with Gasteiger partial charge in [-0.1, -0.05) is 64.1 Å². The average molecular weight is 429 g/mol. The Kier molecular flexibility index (Phi) is 6.79. The largest absolute Gasteiger partial charge is 0.492 e. The van der Waals surface area contributed by atoms with E-state index in [9.17, 15) is 0 Å². The topological polar surface area (TPSA) is 36.3 Å². The van der Waals surface area contributed by atoms with E-state index < -0.39 is 0 Å². The number of aromatic nitrogens is 2. The van der Waals surface area contributed by atoms with Crippen LogP contribution in [0.4, 0.5) is 0 Å². The monoisotopic (exact) mass is 428 g/mol. The van der Waals surface area contributed by atoms with Gasteiger partial charge in [-0.05, 0) is 59.4 Å². The Morgan fingerprint density at radius 1 is 0.719 bits per heavy atom. The summed E-state index contributed by atoms with van der Waals surface area (Å²) in [4.78, 5) is 4.81. The van der Waals surface area contributed by atoms with Crippen molar-refractivity contribution in [1.82, 2.24) is 9.55 Å². The maximum Gasteiger partial charge on any atom is 0.148 e. The molecule has 4 nitrogen and oxygen atoms in total. The number of hydrogen-bond acceptors (Lipinski definition) is 3. The summed E-state index contributed by atoms with van der Waals surface area (Å²) in [5.41, 5.74) is 4.70.